The Labute approximate surface area is 89.4 Å². The van der Waals surface area contributed by atoms with Gasteiger partial charge in [0.15, 0.2) is 0 Å². The van der Waals surface area contributed by atoms with E-state index in [-0.39, 0.29) is 24.9 Å². The first kappa shape index (κ1) is 12.0. The van der Waals surface area contributed by atoms with Crippen molar-refractivity contribution in [2.45, 2.75) is 32.3 Å². The highest BCUT2D eigenvalue weighted by molar-refractivity contribution is 5.85. The largest absolute Gasteiger partial charge is 0.391 e. The Balaban J connectivity index is 2.21. The van der Waals surface area contributed by atoms with Crippen LogP contribution in [-0.4, -0.2) is 47.6 Å². The van der Waals surface area contributed by atoms with Crippen LogP contribution in [0, 0.1) is 0 Å². The molecule has 0 aromatic carbocycles. The smallest absolute Gasteiger partial charge is 0.239 e. The quantitative estimate of drug-likeness (QED) is 0.648. The number of likely N-dealkylation sites (tertiary alicyclic amines) is 1. The Morgan fingerprint density at radius 2 is 2.40 bits per heavy atom. The fraction of sp³-hybridized carbons (Fsp3) is 0.800. The minimum absolute atomic E-state index is 0.0428. The van der Waals surface area contributed by atoms with Crippen molar-refractivity contribution in [3.63, 3.8) is 0 Å². The third-order valence-corrected chi connectivity index (χ3v) is 2.51. The summed E-state index contributed by atoms with van der Waals surface area (Å²) in [5, 5.41) is 11.8. The Morgan fingerprint density at radius 1 is 1.67 bits per heavy atom. The van der Waals surface area contributed by atoms with Crippen molar-refractivity contribution >= 4 is 11.8 Å². The van der Waals surface area contributed by atoms with Crippen molar-refractivity contribution in [1.82, 2.24) is 10.2 Å². The van der Waals surface area contributed by atoms with E-state index in [0.717, 1.165) is 6.42 Å². The minimum atomic E-state index is -0.497. The molecule has 0 saturated carbocycles. The summed E-state index contributed by atoms with van der Waals surface area (Å²) in [6.07, 6.45) is 1.50. The summed E-state index contributed by atoms with van der Waals surface area (Å²) in [6, 6.07) is 0. The van der Waals surface area contributed by atoms with Crippen molar-refractivity contribution in [2.75, 3.05) is 19.6 Å². The molecule has 1 rings (SSSR count). The van der Waals surface area contributed by atoms with Gasteiger partial charge in [0.2, 0.25) is 11.8 Å². The molecule has 1 aliphatic rings. The Morgan fingerprint density at radius 3 is 2.93 bits per heavy atom. The molecular formula is C10H18N2O3. The fourth-order valence-electron chi connectivity index (χ4n) is 1.48. The third kappa shape index (κ3) is 3.87. The third-order valence-electron chi connectivity index (χ3n) is 2.51. The van der Waals surface area contributed by atoms with Gasteiger partial charge >= 0.3 is 0 Å². The van der Waals surface area contributed by atoms with Crippen LogP contribution in [0.2, 0.25) is 0 Å². The zero-order valence-corrected chi connectivity index (χ0v) is 9.03. The van der Waals surface area contributed by atoms with E-state index in [0.29, 0.717) is 19.4 Å². The Kier molecular flexibility index (Phi) is 4.55. The first-order valence-corrected chi connectivity index (χ1v) is 5.36. The van der Waals surface area contributed by atoms with Gasteiger partial charge in [0.1, 0.15) is 0 Å². The summed E-state index contributed by atoms with van der Waals surface area (Å²) >= 11 is 0. The normalized spacial score (nSPS) is 18.0. The van der Waals surface area contributed by atoms with Gasteiger partial charge in [0, 0.05) is 19.5 Å². The fourth-order valence-corrected chi connectivity index (χ4v) is 1.48. The van der Waals surface area contributed by atoms with Crippen LogP contribution in [0.1, 0.15) is 26.2 Å². The number of carbonyl (C=O) groups is 2. The molecule has 0 aliphatic carbocycles. The van der Waals surface area contributed by atoms with Crippen molar-refractivity contribution in [1.29, 1.82) is 0 Å². The van der Waals surface area contributed by atoms with E-state index in [2.05, 4.69) is 5.32 Å². The summed E-state index contributed by atoms with van der Waals surface area (Å²) in [5.41, 5.74) is 0. The van der Waals surface area contributed by atoms with E-state index in [1.807, 2.05) is 6.92 Å². The van der Waals surface area contributed by atoms with Crippen LogP contribution in [0.4, 0.5) is 0 Å². The molecule has 5 heteroatoms. The lowest BCUT2D eigenvalue weighted by Gasteiger charge is -2.15. The average Bonchev–Trinajstić information content (AvgIpc) is 2.61. The number of amides is 2. The Hall–Kier alpha value is -1.10. The van der Waals surface area contributed by atoms with E-state index in [1.54, 1.807) is 4.90 Å². The maximum atomic E-state index is 11.3. The molecule has 0 aromatic rings. The highest BCUT2D eigenvalue weighted by Crippen LogP contribution is 2.08. The second kappa shape index (κ2) is 5.70. The van der Waals surface area contributed by atoms with Crippen molar-refractivity contribution in [3.8, 4) is 0 Å². The molecular weight excluding hydrogens is 196 g/mol. The molecule has 1 fully saturated rings. The number of hydrogen-bond acceptors (Lipinski definition) is 3. The van der Waals surface area contributed by atoms with Gasteiger partial charge in [0.05, 0.1) is 12.6 Å². The van der Waals surface area contributed by atoms with Crippen LogP contribution in [0.5, 0.6) is 0 Å². The van der Waals surface area contributed by atoms with Crippen LogP contribution < -0.4 is 5.32 Å². The predicted molar refractivity (Wildman–Crippen MR) is 55.1 cm³/mol. The molecule has 5 nitrogen and oxygen atoms in total. The number of carbonyl (C=O) groups excluding carboxylic acids is 2. The highest BCUT2D eigenvalue weighted by atomic mass is 16.3. The van der Waals surface area contributed by atoms with Gasteiger partial charge in [-0.15, -0.1) is 0 Å². The van der Waals surface area contributed by atoms with Gasteiger partial charge in [-0.05, 0) is 12.8 Å². The molecule has 1 atom stereocenters. The SMILES string of the molecule is CCC(O)CNC(=O)CN1CCCC1=O. The lowest BCUT2D eigenvalue weighted by Crippen LogP contribution is -2.40. The number of aliphatic hydroxyl groups excluding tert-OH is 1. The summed E-state index contributed by atoms with van der Waals surface area (Å²) in [7, 11) is 0. The average molecular weight is 214 g/mol. The van der Waals surface area contributed by atoms with Gasteiger partial charge in [-0.2, -0.15) is 0 Å². The van der Waals surface area contributed by atoms with Gasteiger partial charge in [-0.25, -0.2) is 0 Å². The van der Waals surface area contributed by atoms with E-state index in [4.69, 9.17) is 0 Å². The van der Waals surface area contributed by atoms with E-state index in [1.165, 1.54) is 0 Å². The van der Waals surface area contributed by atoms with E-state index < -0.39 is 6.10 Å². The van der Waals surface area contributed by atoms with E-state index >= 15 is 0 Å². The van der Waals surface area contributed by atoms with Crippen LogP contribution in [0.25, 0.3) is 0 Å². The number of rotatable bonds is 5. The molecule has 0 aromatic heterocycles. The van der Waals surface area contributed by atoms with Gasteiger partial charge in [0.25, 0.3) is 0 Å². The van der Waals surface area contributed by atoms with E-state index in [9.17, 15) is 14.7 Å². The van der Waals surface area contributed by atoms with Crippen LogP contribution >= 0.6 is 0 Å². The van der Waals surface area contributed by atoms with Crippen LogP contribution in [0.3, 0.4) is 0 Å². The number of aliphatic hydroxyl groups is 1. The molecule has 1 aliphatic heterocycles. The summed E-state index contributed by atoms with van der Waals surface area (Å²) in [4.78, 5) is 24.1. The molecule has 0 bridgehead atoms. The highest BCUT2D eigenvalue weighted by Gasteiger charge is 2.22. The Bertz CT molecular complexity index is 243. The number of nitrogens with one attached hydrogen (secondary N) is 1. The second-order valence-electron chi connectivity index (χ2n) is 3.78. The van der Waals surface area contributed by atoms with Crippen molar-refractivity contribution in [2.24, 2.45) is 0 Å². The molecule has 86 valence electrons. The standard InChI is InChI=1S/C10H18N2O3/c1-2-8(13)6-11-9(14)7-12-5-3-4-10(12)15/h8,13H,2-7H2,1H3,(H,11,14). The number of nitrogens with zero attached hydrogens (tertiary/aromatic N) is 1. The first-order valence-electron chi connectivity index (χ1n) is 5.36. The monoisotopic (exact) mass is 214 g/mol. The zero-order chi connectivity index (χ0) is 11.3. The first-order chi connectivity index (χ1) is 7.13. The summed E-state index contributed by atoms with van der Waals surface area (Å²) < 4.78 is 0. The maximum absolute atomic E-state index is 11.3. The summed E-state index contributed by atoms with van der Waals surface area (Å²) in [5.74, 6) is -0.154. The van der Waals surface area contributed by atoms with Crippen molar-refractivity contribution < 1.29 is 14.7 Å². The second-order valence-corrected chi connectivity index (χ2v) is 3.78. The molecule has 2 N–H and O–H groups in total. The molecule has 0 spiro atoms. The topological polar surface area (TPSA) is 69.6 Å². The molecule has 1 heterocycles. The van der Waals surface area contributed by atoms with Crippen molar-refractivity contribution in [3.05, 3.63) is 0 Å². The van der Waals surface area contributed by atoms with Gasteiger partial charge < -0.3 is 15.3 Å². The number of hydrogen-bond donors (Lipinski definition) is 2. The summed E-state index contributed by atoms with van der Waals surface area (Å²) in [6.45, 7) is 2.90. The molecule has 1 saturated heterocycles. The zero-order valence-electron chi connectivity index (χ0n) is 9.03. The lowest BCUT2D eigenvalue weighted by atomic mass is 10.3. The molecule has 15 heavy (non-hydrogen) atoms. The maximum Gasteiger partial charge on any atom is 0.239 e. The molecule has 2 amide bonds. The predicted octanol–water partition coefficient (Wildman–Crippen LogP) is -0.504. The van der Waals surface area contributed by atoms with Crippen LogP contribution in [-0.2, 0) is 9.59 Å². The lowest BCUT2D eigenvalue weighted by molar-refractivity contribution is -0.133. The van der Waals surface area contributed by atoms with Gasteiger partial charge in [-0.3, -0.25) is 9.59 Å². The molecule has 0 radical (unpaired) electrons. The van der Waals surface area contributed by atoms with Gasteiger partial charge in [-0.1, -0.05) is 6.92 Å². The molecule has 1 unspecified atom stereocenters. The van der Waals surface area contributed by atoms with Crippen LogP contribution in [0.15, 0.2) is 0 Å². The minimum Gasteiger partial charge on any atom is -0.391 e.